The zero-order chi connectivity index (χ0) is 27.0. The van der Waals surface area contributed by atoms with Crippen molar-refractivity contribution in [3.8, 4) is 16.9 Å². The van der Waals surface area contributed by atoms with E-state index < -0.39 is 20.5 Å². The van der Waals surface area contributed by atoms with E-state index in [0.717, 1.165) is 37.1 Å². The number of nitrogens with two attached hydrogens (primary N) is 1. The Bertz CT molecular complexity index is 1460. The van der Waals surface area contributed by atoms with Crippen molar-refractivity contribution in [2.45, 2.75) is 41.7 Å². The van der Waals surface area contributed by atoms with E-state index in [1.165, 1.54) is 25.3 Å². The highest BCUT2D eigenvalue weighted by atomic mass is 35.5. The number of hydrogen-bond acceptors (Lipinski definition) is 6. The number of nitrogen functional groups attached to an aromatic ring is 1. The number of sulfone groups is 1. The normalized spacial score (nSPS) is 20.8. The molecule has 1 heterocycles. The molecule has 5 rings (SSSR count). The molecule has 1 aliphatic heterocycles. The molecule has 0 aromatic heterocycles. The van der Waals surface area contributed by atoms with Gasteiger partial charge in [-0.2, -0.15) is 0 Å². The number of anilines is 2. The molecule has 1 atom stereocenters. The molecular weight excluding hydrogens is 522 g/mol. The topological polar surface area (TPSA) is 111 Å². The van der Waals surface area contributed by atoms with Gasteiger partial charge < -0.3 is 21.1 Å². The third-order valence-corrected chi connectivity index (χ3v) is 10.9. The van der Waals surface area contributed by atoms with Gasteiger partial charge in [-0.05, 0) is 92.1 Å². The molecule has 0 bridgehead atoms. The van der Waals surface area contributed by atoms with Crippen LogP contribution in [0, 0.1) is 5.41 Å². The number of benzene rings is 3. The first-order valence-electron chi connectivity index (χ1n) is 12.8. The quantitative estimate of drug-likeness (QED) is 0.357. The van der Waals surface area contributed by atoms with Crippen LogP contribution in [-0.2, 0) is 14.6 Å². The third kappa shape index (κ3) is 4.65. The van der Waals surface area contributed by atoms with Gasteiger partial charge in [-0.25, -0.2) is 8.42 Å². The number of ether oxygens (including phenoxy) is 1. The Labute approximate surface area is 228 Å². The Hall–Kier alpha value is -3.07. The number of amides is 1. The van der Waals surface area contributed by atoms with Crippen molar-refractivity contribution in [3.05, 3.63) is 71.8 Å². The summed E-state index contributed by atoms with van der Waals surface area (Å²) >= 11 is 6.32. The first-order valence-corrected chi connectivity index (χ1v) is 14.6. The van der Waals surface area contributed by atoms with Gasteiger partial charge in [-0.3, -0.25) is 4.79 Å². The molecule has 1 saturated heterocycles. The van der Waals surface area contributed by atoms with Gasteiger partial charge >= 0.3 is 0 Å². The fourth-order valence-corrected chi connectivity index (χ4v) is 8.39. The lowest BCUT2D eigenvalue weighted by Crippen LogP contribution is -2.49. The van der Waals surface area contributed by atoms with Crippen molar-refractivity contribution >= 4 is 38.7 Å². The van der Waals surface area contributed by atoms with Gasteiger partial charge in [0.1, 0.15) is 5.75 Å². The summed E-state index contributed by atoms with van der Waals surface area (Å²) in [5.74, 6) is -0.187. The molecule has 38 heavy (non-hydrogen) atoms. The molecule has 1 unspecified atom stereocenters. The predicted molar refractivity (Wildman–Crippen MR) is 151 cm³/mol. The van der Waals surface area contributed by atoms with Gasteiger partial charge in [0.25, 0.3) is 0 Å². The van der Waals surface area contributed by atoms with Crippen LogP contribution >= 0.6 is 11.6 Å². The number of piperidine rings is 1. The maximum atomic E-state index is 14.3. The second-order valence-electron chi connectivity index (χ2n) is 10.3. The summed E-state index contributed by atoms with van der Waals surface area (Å²) in [5, 5.41) is 6.46. The van der Waals surface area contributed by atoms with E-state index in [1.54, 1.807) is 12.1 Å². The van der Waals surface area contributed by atoms with Gasteiger partial charge in [0.15, 0.2) is 14.6 Å². The summed E-state index contributed by atoms with van der Waals surface area (Å²) < 4.78 is 32.2. The summed E-state index contributed by atoms with van der Waals surface area (Å²) in [5.41, 5.74) is 8.64. The minimum atomic E-state index is -4.13. The highest BCUT2D eigenvalue weighted by Crippen LogP contribution is 2.55. The average Bonchev–Trinajstić information content (AvgIpc) is 3.31. The minimum Gasteiger partial charge on any atom is -0.495 e. The largest absolute Gasteiger partial charge is 0.495 e. The van der Waals surface area contributed by atoms with E-state index >= 15 is 0 Å². The molecule has 1 spiro atoms. The molecule has 1 amide bonds. The van der Waals surface area contributed by atoms with Crippen LogP contribution < -0.4 is 21.1 Å². The molecule has 3 aromatic carbocycles. The van der Waals surface area contributed by atoms with Crippen molar-refractivity contribution in [1.82, 2.24) is 5.32 Å². The number of nitrogens with one attached hydrogen (secondary N) is 2. The number of methoxy groups -OCH3 is 1. The average molecular weight is 554 g/mol. The third-order valence-electron chi connectivity index (χ3n) is 8.15. The van der Waals surface area contributed by atoms with E-state index in [2.05, 4.69) is 10.6 Å². The molecule has 1 saturated carbocycles. The Morgan fingerprint density at radius 1 is 0.974 bits per heavy atom. The van der Waals surface area contributed by atoms with Crippen LogP contribution in [0.1, 0.15) is 32.1 Å². The van der Waals surface area contributed by atoms with Crippen LogP contribution in [0.15, 0.2) is 71.6 Å². The second-order valence-corrected chi connectivity index (χ2v) is 13.0. The van der Waals surface area contributed by atoms with Gasteiger partial charge in [0, 0.05) is 0 Å². The SMILES string of the molecule is COc1ccc(S(=O)(=O)C2(C(=O)Nc3cc(-c4ccccc4)ccc3N)CCC3(CCNCC3)C2)cc1Cl. The molecule has 3 aromatic rings. The maximum absolute atomic E-state index is 14.3. The van der Waals surface area contributed by atoms with Gasteiger partial charge in [-0.1, -0.05) is 48.0 Å². The van der Waals surface area contributed by atoms with E-state index in [1.807, 2.05) is 36.4 Å². The second kappa shape index (κ2) is 10.2. The fourth-order valence-electron chi connectivity index (χ4n) is 5.93. The highest BCUT2D eigenvalue weighted by Gasteiger charge is 2.60. The van der Waals surface area contributed by atoms with E-state index in [0.29, 0.717) is 23.5 Å². The molecule has 0 radical (unpaired) electrons. The van der Waals surface area contributed by atoms with Gasteiger partial charge in [-0.15, -0.1) is 0 Å². The number of halogens is 1. The summed E-state index contributed by atoms with van der Waals surface area (Å²) in [6.07, 6.45) is 2.78. The molecule has 7 nitrogen and oxygen atoms in total. The van der Waals surface area contributed by atoms with Gasteiger partial charge in [0.05, 0.1) is 28.4 Å². The van der Waals surface area contributed by atoms with Crippen LogP contribution in [0.2, 0.25) is 5.02 Å². The first kappa shape index (κ1) is 26.5. The first-order chi connectivity index (χ1) is 18.2. The molecule has 1 aliphatic carbocycles. The standard InChI is InChI=1S/C29H32ClN3O4S/c1-37-26-10-8-22(18-23(26)30)38(35,36)29(12-11-28(19-29)13-15-32-16-14-28)27(34)33-25-17-21(7-9-24(25)31)20-5-3-2-4-6-20/h2-10,17-18,32H,11-16,19,31H2,1H3,(H,33,34). The van der Waals surface area contributed by atoms with Crippen LogP contribution in [0.3, 0.4) is 0 Å². The molecule has 4 N–H and O–H groups in total. The van der Waals surface area contributed by atoms with Crippen LogP contribution in [0.4, 0.5) is 11.4 Å². The van der Waals surface area contributed by atoms with Crippen molar-refractivity contribution in [3.63, 3.8) is 0 Å². The lowest BCUT2D eigenvalue weighted by Gasteiger charge is -2.36. The monoisotopic (exact) mass is 553 g/mol. The summed E-state index contributed by atoms with van der Waals surface area (Å²) in [7, 11) is -2.66. The highest BCUT2D eigenvalue weighted by molar-refractivity contribution is 7.93. The van der Waals surface area contributed by atoms with Crippen molar-refractivity contribution in [2.75, 3.05) is 31.2 Å². The van der Waals surface area contributed by atoms with E-state index in [9.17, 15) is 13.2 Å². The zero-order valence-electron chi connectivity index (χ0n) is 21.3. The van der Waals surface area contributed by atoms with Crippen LogP contribution in [-0.4, -0.2) is 39.3 Å². The summed E-state index contributed by atoms with van der Waals surface area (Å²) in [6.45, 7) is 1.61. The predicted octanol–water partition coefficient (Wildman–Crippen LogP) is 5.30. The van der Waals surface area contributed by atoms with Crippen molar-refractivity contribution in [2.24, 2.45) is 5.41 Å². The van der Waals surface area contributed by atoms with E-state index in [4.69, 9.17) is 22.1 Å². The molecule has 2 fully saturated rings. The number of hydrogen-bond donors (Lipinski definition) is 3. The van der Waals surface area contributed by atoms with Crippen molar-refractivity contribution in [1.29, 1.82) is 0 Å². The molecule has 9 heteroatoms. The Kier molecular flexibility index (Phi) is 7.15. The fraction of sp³-hybridized carbons (Fsp3) is 0.345. The summed E-state index contributed by atoms with van der Waals surface area (Å²) in [4.78, 5) is 14.2. The Balaban J connectivity index is 1.56. The number of rotatable bonds is 6. The Morgan fingerprint density at radius 2 is 1.71 bits per heavy atom. The lowest BCUT2D eigenvalue weighted by atomic mass is 9.77. The van der Waals surface area contributed by atoms with Gasteiger partial charge in [0.2, 0.25) is 5.91 Å². The minimum absolute atomic E-state index is 0.00967. The molecule has 200 valence electrons. The van der Waals surface area contributed by atoms with Crippen LogP contribution in [0.5, 0.6) is 5.75 Å². The van der Waals surface area contributed by atoms with Crippen molar-refractivity contribution < 1.29 is 17.9 Å². The summed E-state index contributed by atoms with van der Waals surface area (Å²) in [6, 6.07) is 19.5. The lowest BCUT2D eigenvalue weighted by molar-refractivity contribution is -0.118. The maximum Gasteiger partial charge on any atom is 0.246 e. The number of carbonyl (C=O) groups is 1. The Morgan fingerprint density at radius 3 is 2.39 bits per heavy atom. The molecular formula is C29H32ClN3O4S. The smallest absolute Gasteiger partial charge is 0.246 e. The van der Waals surface area contributed by atoms with E-state index in [-0.39, 0.29) is 28.2 Å². The van der Waals surface area contributed by atoms with Crippen LogP contribution in [0.25, 0.3) is 11.1 Å². The zero-order valence-corrected chi connectivity index (χ0v) is 22.9. The molecule has 2 aliphatic rings. The number of carbonyl (C=O) groups excluding carboxylic acids is 1.